The summed E-state index contributed by atoms with van der Waals surface area (Å²) < 4.78 is 225. The monoisotopic (exact) mass is 548 g/mol. The molecule has 0 spiro atoms. The van der Waals surface area contributed by atoms with Gasteiger partial charge in [0.25, 0.3) is 0 Å². The van der Waals surface area contributed by atoms with E-state index in [1.54, 1.807) is 0 Å². The second kappa shape index (κ2) is 8.89. The van der Waals surface area contributed by atoms with Crippen molar-refractivity contribution in [3.63, 3.8) is 0 Å². The normalized spacial score (nSPS) is 15.4. The molecule has 0 aliphatic carbocycles. The molecule has 20 heteroatoms. The molecule has 0 aromatic rings. The third kappa shape index (κ3) is 4.60. The van der Waals surface area contributed by atoms with Crippen LogP contribution in [0.2, 0.25) is 0 Å². The van der Waals surface area contributed by atoms with E-state index in [1.807, 2.05) is 0 Å². The Hall–Kier alpha value is -2.02. The third-order valence-electron chi connectivity index (χ3n) is 3.92. The van der Waals surface area contributed by atoms with E-state index in [0.717, 1.165) is 0 Å². The minimum absolute atomic E-state index is 0.945. The van der Waals surface area contributed by atoms with Gasteiger partial charge in [-0.3, -0.25) is 0 Å². The zero-order chi connectivity index (χ0) is 28.0. The maximum Gasteiger partial charge on any atom is 0.460 e. The first-order chi connectivity index (χ1) is 14.6. The molecule has 0 aromatic carbocycles. The van der Waals surface area contributed by atoms with Crippen molar-refractivity contribution in [2.45, 2.75) is 54.1 Å². The van der Waals surface area contributed by atoms with E-state index in [4.69, 9.17) is 5.11 Å². The Morgan fingerprint density at radius 1 is 0.618 bits per heavy atom. The average Bonchev–Trinajstić information content (AvgIpc) is 2.64. The van der Waals surface area contributed by atoms with Crippen LogP contribution in [0.3, 0.4) is 0 Å². The van der Waals surface area contributed by atoms with Crippen LogP contribution in [0.15, 0.2) is 12.2 Å². The van der Waals surface area contributed by atoms with Crippen molar-refractivity contribution in [2.75, 3.05) is 13.2 Å². The van der Waals surface area contributed by atoms with Crippen LogP contribution in [0.4, 0.5) is 74.6 Å². The molecule has 0 heterocycles. The SMILES string of the molecule is C=C(CO)C(=O)OCCC(F)(F)C(F)(F)C(F)(F)C(F)(F)C(F)(F)C(F)(F)C(F)(F)C(F)(F)F. The van der Waals surface area contributed by atoms with E-state index >= 15 is 0 Å². The maximum absolute atomic E-state index is 13.5. The van der Waals surface area contributed by atoms with Gasteiger partial charge in [0.1, 0.15) is 0 Å². The molecule has 3 nitrogen and oxygen atoms in total. The highest BCUT2D eigenvalue weighted by Gasteiger charge is 2.95. The lowest BCUT2D eigenvalue weighted by atomic mass is 9.88. The summed E-state index contributed by atoms with van der Waals surface area (Å²) in [6.45, 7) is -0.597. The lowest BCUT2D eigenvalue weighted by molar-refractivity contribution is -0.461. The van der Waals surface area contributed by atoms with Crippen LogP contribution in [-0.2, 0) is 9.53 Å². The first-order valence-corrected chi connectivity index (χ1v) is 7.79. The fourth-order valence-corrected chi connectivity index (χ4v) is 1.79. The molecular formula is C14H9F17O3. The molecule has 0 atom stereocenters. The van der Waals surface area contributed by atoms with Gasteiger partial charge in [-0.25, -0.2) is 4.79 Å². The van der Waals surface area contributed by atoms with Crippen molar-refractivity contribution in [1.82, 2.24) is 0 Å². The zero-order valence-electron chi connectivity index (χ0n) is 15.5. The van der Waals surface area contributed by atoms with Crippen molar-refractivity contribution in [3.05, 3.63) is 12.2 Å². The fraction of sp³-hybridized carbons (Fsp3) is 0.786. The molecule has 0 amide bonds. The van der Waals surface area contributed by atoms with Crippen LogP contribution in [0.1, 0.15) is 6.42 Å². The molecule has 1 N–H and O–H groups in total. The van der Waals surface area contributed by atoms with Crippen LogP contribution >= 0.6 is 0 Å². The summed E-state index contributed by atoms with van der Waals surface area (Å²) in [6, 6.07) is 0. The molecule has 0 aliphatic rings. The van der Waals surface area contributed by atoms with Gasteiger partial charge < -0.3 is 9.84 Å². The summed E-state index contributed by atoms with van der Waals surface area (Å²) in [6.07, 6.45) is -10.7. The Morgan fingerprint density at radius 3 is 1.26 bits per heavy atom. The summed E-state index contributed by atoms with van der Waals surface area (Å²) >= 11 is 0. The highest BCUT2D eigenvalue weighted by molar-refractivity contribution is 5.87. The highest BCUT2D eigenvalue weighted by atomic mass is 19.4. The molecular weight excluding hydrogens is 539 g/mol. The lowest BCUT2D eigenvalue weighted by Crippen LogP contribution is -2.74. The fourth-order valence-electron chi connectivity index (χ4n) is 1.79. The molecule has 0 aliphatic heterocycles. The number of carbonyl (C=O) groups excluding carboxylic acids is 1. The first-order valence-electron chi connectivity index (χ1n) is 7.79. The van der Waals surface area contributed by atoms with Crippen LogP contribution in [-0.4, -0.2) is 71.9 Å². The quantitative estimate of drug-likeness (QED) is 0.212. The van der Waals surface area contributed by atoms with Gasteiger partial charge in [-0.1, -0.05) is 6.58 Å². The maximum atomic E-state index is 13.5. The van der Waals surface area contributed by atoms with Crippen molar-refractivity contribution in [3.8, 4) is 0 Å². The summed E-state index contributed by atoms with van der Waals surface area (Å²) in [5.41, 5.74) is -0.945. The average molecular weight is 548 g/mol. The van der Waals surface area contributed by atoms with Crippen LogP contribution < -0.4 is 0 Å². The lowest BCUT2D eigenvalue weighted by Gasteiger charge is -2.42. The number of esters is 1. The number of aliphatic hydroxyl groups excluding tert-OH is 1. The predicted molar refractivity (Wildman–Crippen MR) is 72.5 cm³/mol. The van der Waals surface area contributed by atoms with E-state index in [0.29, 0.717) is 0 Å². The van der Waals surface area contributed by atoms with E-state index in [-0.39, 0.29) is 0 Å². The second-order valence-electron chi connectivity index (χ2n) is 6.30. The zero-order valence-corrected chi connectivity index (χ0v) is 15.5. The van der Waals surface area contributed by atoms with Gasteiger partial charge in [-0.05, 0) is 0 Å². The first kappa shape index (κ1) is 32.0. The van der Waals surface area contributed by atoms with Gasteiger partial charge in [0.05, 0.1) is 25.2 Å². The van der Waals surface area contributed by atoms with E-state index in [1.165, 1.54) is 0 Å². The molecule has 0 radical (unpaired) electrons. The minimum Gasteiger partial charge on any atom is -0.462 e. The van der Waals surface area contributed by atoms with E-state index in [2.05, 4.69) is 11.3 Å². The Balaban J connectivity index is 6.30. The molecule has 0 bridgehead atoms. The molecule has 0 aromatic heterocycles. The Bertz CT molecular complexity index is 768. The molecule has 0 rings (SSSR count). The number of ether oxygens (including phenoxy) is 1. The predicted octanol–water partition coefficient (Wildman–Crippen LogP) is 5.48. The van der Waals surface area contributed by atoms with Crippen LogP contribution in [0.25, 0.3) is 0 Å². The van der Waals surface area contributed by atoms with Gasteiger partial charge in [-0.2, -0.15) is 74.6 Å². The number of aliphatic hydroxyl groups is 1. The number of hydrogen-bond acceptors (Lipinski definition) is 3. The smallest absolute Gasteiger partial charge is 0.460 e. The number of halogens is 17. The number of alkyl halides is 17. The van der Waals surface area contributed by atoms with Gasteiger partial charge in [0.15, 0.2) is 0 Å². The summed E-state index contributed by atoms with van der Waals surface area (Å²) in [7, 11) is 0. The molecule has 202 valence electrons. The highest BCUT2D eigenvalue weighted by Crippen LogP contribution is 2.64. The molecule has 0 fully saturated rings. The standard InChI is InChI=1S/C14H9F17O3/c1-5(4-32)6(33)34-3-2-7(15,16)8(17,18)9(19,20)10(21,22)11(23,24)12(25,26)13(27,28)14(29,30)31/h32H,1-4H2. The van der Waals surface area contributed by atoms with Crippen molar-refractivity contribution in [2.24, 2.45) is 0 Å². The van der Waals surface area contributed by atoms with Crippen molar-refractivity contribution < 1.29 is 89.3 Å². The minimum atomic E-state index is -8.70. The van der Waals surface area contributed by atoms with E-state index in [9.17, 15) is 79.4 Å². The number of carbonyl (C=O) groups is 1. The van der Waals surface area contributed by atoms with Crippen LogP contribution in [0, 0.1) is 0 Å². The summed E-state index contributed by atoms with van der Waals surface area (Å²) in [5.74, 6) is -58.9. The topological polar surface area (TPSA) is 46.5 Å². The van der Waals surface area contributed by atoms with Gasteiger partial charge in [0.2, 0.25) is 0 Å². The summed E-state index contributed by atoms with van der Waals surface area (Å²) in [4.78, 5) is 11.0. The van der Waals surface area contributed by atoms with Gasteiger partial charge in [-0.15, -0.1) is 0 Å². The van der Waals surface area contributed by atoms with Gasteiger partial charge >= 0.3 is 53.6 Å². The largest absolute Gasteiger partial charge is 0.462 e. The number of rotatable bonds is 11. The van der Waals surface area contributed by atoms with Crippen LogP contribution in [0.5, 0.6) is 0 Å². The molecule has 0 saturated carbocycles. The Kier molecular flexibility index (Phi) is 8.36. The third-order valence-corrected chi connectivity index (χ3v) is 3.92. The summed E-state index contributed by atoms with van der Waals surface area (Å²) in [5, 5.41) is 8.43. The molecule has 0 unspecified atom stereocenters. The second-order valence-corrected chi connectivity index (χ2v) is 6.30. The Morgan fingerprint density at radius 2 is 0.941 bits per heavy atom. The molecule has 0 saturated heterocycles. The Labute approximate surface area is 176 Å². The molecule has 34 heavy (non-hydrogen) atoms. The van der Waals surface area contributed by atoms with Gasteiger partial charge in [0, 0.05) is 0 Å². The van der Waals surface area contributed by atoms with E-state index < -0.39 is 78.8 Å². The number of hydrogen-bond donors (Lipinski definition) is 1. The van der Waals surface area contributed by atoms with Crippen molar-refractivity contribution >= 4 is 5.97 Å². The van der Waals surface area contributed by atoms with Crippen molar-refractivity contribution in [1.29, 1.82) is 0 Å².